The van der Waals surface area contributed by atoms with Crippen molar-refractivity contribution >= 4 is 58.3 Å². The summed E-state index contributed by atoms with van der Waals surface area (Å²) in [5.74, 6) is 1.28. The number of anilines is 1. The Morgan fingerprint density at radius 1 is 0.943 bits per heavy atom. The number of aromatic nitrogens is 3. The Kier molecular flexibility index (Phi) is 8.23. The van der Waals surface area contributed by atoms with Crippen LogP contribution in [-0.2, 0) is 12.3 Å². The number of hydrogen-bond donors (Lipinski definition) is 2. The van der Waals surface area contributed by atoms with Gasteiger partial charge in [0.15, 0.2) is 11.0 Å². The summed E-state index contributed by atoms with van der Waals surface area (Å²) in [7, 11) is 0. The zero-order valence-corrected chi connectivity index (χ0v) is 22.1. The van der Waals surface area contributed by atoms with Crippen LogP contribution in [0.5, 0.6) is 0 Å². The van der Waals surface area contributed by atoms with Gasteiger partial charge >= 0.3 is 6.03 Å². The van der Waals surface area contributed by atoms with E-state index in [0.717, 1.165) is 17.0 Å². The van der Waals surface area contributed by atoms with Crippen molar-refractivity contribution in [3.05, 3.63) is 98.2 Å². The van der Waals surface area contributed by atoms with Crippen LogP contribution in [-0.4, -0.2) is 20.8 Å². The molecule has 0 radical (unpaired) electrons. The van der Waals surface area contributed by atoms with Gasteiger partial charge in [0.1, 0.15) is 0 Å². The predicted molar refractivity (Wildman–Crippen MR) is 144 cm³/mol. The molecule has 0 spiro atoms. The first-order valence-electron chi connectivity index (χ1n) is 10.7. The largest absolute Gasteiger partial charge is 0.331 e. The van der Waals surface area contributed by atoms with Gasteiger partial charge in [0.2, 0.25) is 0 Å². The molecule has 2 amide bonds. The van der Waals surface area contributed by atoms with Gasteiger partial charge in [0.25, 0.3) is 0 Å². The number of nitrogens with one attached hydrogen (secondary N) is 2. The summed E-state index contributed by atoms with van der Waals surface area (Å²) in [5.41, 5.74) is 4.61. The highest BCUT2D eigenvalue weighted by atomic mass is 35.5. The molecule has 0 atom stereocenters. The molecule has 10 heteroatoms. The van der Waals surface area contributed by atoms with E-state index in [0.29, 0.717) is 31.7 Å². The highest BCUT2D eigenvalue weighted by Gasteiger charge is 2.18. The van der Waals surface area contributed by atoms with Crippen LogP contribution >= 0.6 is 46.6 Å². The molecule has 0 saturated heterocycles. The van der Waals surface area contributed by atoms with Crippen LogP contribution in [0.1, 0.15) is 22.5 Å². The third kappa shape index (κ3) is 6.11. The summed E-state index contributed by atoms with van der Waals surface area (Å²) >= 11 is 20.2. The Morgan fingerprint density at radius 2 is 1.69 bits per heavy atom. The number of carbonyl (C=O) groups is 1. The van der Waals surface area contributed by atoms with Gasteiger partial charge in [0, 0.05) is 10.8 Å². The molecule has 0 aliphatic heterocycles. The van der Waals surface area contributed by atoms with E-state index in [4.69, 9.17) is 34.8 Å². The van der Waals surface area contributed by atoms with Gasteiger partial charge in [-0.25, -0.2) is 4.79 Å². The maximum atomic E-state index is 12.6. The Hall–Kier alpha value is -2.71. The Balaban J connectivity index is 1.58. The van der Waals surface area contributed by atoms with Gasteiger partial charge in [0.05, 0.1) is 28.0 Å². The van der Waals surface area contributed by atoms with Gasteiger partial charge in [-0.3, -0.25) is 4.57 Å². The summed E-state index contributed by atoms with van der Waals surface area (Å²) in [6.07, 6.45) is 0. The fraction of sp³-hybridized carbons (Fsp3) is 0.160. The van der Waals surface area contributed by atoms with Gasteiger partial charge in [-0.1, -0.05) is 83.0 Å². The van der Waals surface area contributed by atoms with Crippen molar-refractivity contribution in [2.75, 3.05) is 5.32 Å². The lowest BCUT2D eigenvalue weighted by Crippen LogP contribution is -2.29. The average Bonchev–Trinajstić information content (AvgIpc) is 3.24. The molecular weight excluding hydrogens is 525 g/mol. The number of rotatable bonds is 7. The fourth-order valence-corrected chi connectivity index (χ4v) is 5.12. The highest BCUT2D eigenvalue weighted by Crippen LogP contribution is 2.31. The quantitative estimate of drug-likeness (QED) is 0.236. The normalized spacial score (nSPS) is 10.9. The summed E-state index contributed by atoms with van der Waals surface area (Å²) < 4.78 is 1.92. The Labute approximate surface area is 223 Å². The summed E-state index contributed by atoms with van der Waals surface area (Å²) in [4.78, 5) is 12.6. The molecule has 0 bridgehead atoms. The molecular formula is C25H22Cl3N5OS. The fourth-order valence-electron chi connectivity index (χ4n) is 3.42. The zero-order chi connectivity index (χ0) is 24.9. The lowest BCUT2D eigenvalue weighted by atomic mass is 10.1. The zero-order valence-electron chi connectivity index (χ0n) is 19.0. The molecule has 4 aromatic rings. The van der Waals surface area contributed by atoms with E-state index in [1.54, 1.807) is 30.0 Å². The van der Waals surface area contributed by atoms with E-state index in [9.17, 15) is 4.79 Å². The average molecular weight is 547 g/mol. The van der Waals surface area contributed by atoms with Crippen molar-refractivity contribution in [1.29, 1.82) is 0 Å². The first-order chi connectivity index (χ1) is 16.8. The maximum Gasteiger partial charge on any atom is 0.319 e. The second kappa shape index (κ2) is 11.4. The van der Waals surface area contributed by atoms with E-state index < -0.39 is 6.03 Å². The van der Waals surface area contributed by atoms with E-state index in [1.807, 2.05) is 41.8 Å². The van der Waals surface area contributed by atoms with E-state index in [2.05, 4.69) is 39.9 Å². The molecule has 1 heterocycles. The van der Waals surface area contributed by atoms with Crippen LogP contribution < -0.4 is 10.6 Å². The van der Waals surface area contributed by atoms with Crippen LogP contribution in [0.4, 0.5) is 10.5 Å². The Bertz CT molecular complexity index is 1350. The number of carbonyl (C=O) groups excluding carboxylic acids is 1. The first kappa shape index (κ1) is 25.4. The van der Waals surface area contributed by atoms with Crippen LogP contribution in [0.3, 0.4) is 0 Å². The van der Waals surface area contributed by atoms with Gasteiger partial charge in [-0.15, -0.1) is 10.2 Å². The van der Waals surface area contributed by atoms with E-state index >= 15 is 0 Å². The number of aryl methyl sites for hydroxylation is 2. The summed E-state index contributed by atoms with van der Waals surface area (Å²) in [5, 5.41) is 16.3. The molecule has 0 aliphatic rings. The molecule has 3 aromatic carbocycles. The lowest BCUT2D eigenvalue weighted by Gasteiger charge is -2.15. The second-order valence-corrected chi connectivity index (χ2v) is 9.98. The van der Waals surface area contributed by atoms with Crippen LogP contribution in [0.2, 0.25) is 15.1 Å². The maximum absolute atomic E-state index is 12.6. The van der Waals surface area contributed by atoms with Crippen molar-refractivity contribution in [2.24, 2.45) is 0 Å². The van der Waals surface area contributed by atoms with Crippen molar-refractivity contribution in [3.8, 4) is 5.69 Å². The van der Waals surface area contributed by atoms with Gasteiger partial charge in [-0.05, 0) is 54.8 Å². The highest BCUT2D eigenvalue weighted by molar-refractivity contribution is 7.98. The number of halogens is 3. The minimum absolute atomic E-state index is 0.123. The monoisotopic (exact) mass is 545 g/mol. The third-order valence-corrected chi connectivity index (χ3v) is 7.18. The SMILES string of the molecule is Cc1ccccc1CSc1nnc(CNC(=O)Nc2c(Cl)cccc2Cl)n1-c1cc(Cl)ccc1C. The minimum atomic E-state index is -0.466. The number of para-hydroxylation sites is 1. The number of nitrogens with zero attached hydrogens (tertiary/aromatic N) is 3. The molecule has 0 unspecified atom stereocenters. The van der Waals surface area contributed by atoms with Crippen LogP contribution in [0, 0.1) is 13.8 Å². The van der Waals surface area contributed by atoms with Gasteiger partial charge in [-0.2, -0.15) is 0 Å². The molecule has 6 nitrogen and oxygen atoms in total. The molecule has 180 valence electrons. The molecule has 0 saturated carbocycles. The van der Waals surface area contributed by atoms with Crippen LogP contribution in [0.15, 0.2) is 65.8 Å². The molecule has 2 N–H and O–H groups in total. The number of hydrogen-bond acceptors (Lipinski definition) is 4. The number of benzene rings is 3. The van der Waals surface area contributed by atoms with Crippen LogP contribution in [0.25, 0.3) is 5.69 Å². The standard InChI is InChI=1S/C25H22Cl3N5OS/c1-15-6-3-4-7-17(15)14-35-25-32-31-22(33(25)21-12-18(26)11-10-16(21)2)13-29-24(34)30-23-19(27)8-5-9-20(23)28/h3-12H,13-14H2,1-2H3,(H2,29,30,34). The van der Waals surface area contributed by atoms with E-state index in [1.165, 1.54) is 11.1 Å². The minimum Gasteiger partial charge on any atom is -0.331 e. The number of urea groups is 1. The second-order valence-electron chi connectivity index (χ2n) is 7.78. The number of thioether (sulfide) groups is 1. The molecule has 35 heavy (non-hydrogen) atoms. The van der Waals surface area contributed by atoms with Crippen molar-refractivity contribution in [2.45, 2.75) is 31.3 Å². The lowest BCUT2D eigenvalue weighted by molar-refractivity contribution is 0.251. The summed E-state index contributed by atoms with van der Waals surface area (Å²) in [6.45, 7) is 4.20. The molecule has 4 rings (SSSR count). The van der Waals surface area contributed by atoms with Crippen molar-refractivity contribution in [1.82, 2.24) is 20.1 Å². The molecule has 1 aromatic heterocycles. The summed E-state index contributed by atoms with van der Waals surface area (Å²) in [6, 6.07) is 18.4. The molecule has 0 fully saturated rings. The topological polar surface area (TPSA) is 71.8 Å². The first-order valence-corrected chi connectivity index (χ1v) is 12.8. The predicted octanol–water partition coefficient (Wildman–Crippen LogP) is 7.46. The van der Waals surface area contributed by atoms with E-state index in [-0.39, 0.29) is 6.54 Å². The third-order valence-electron chi connectivity index (χ3n) is 5.34. The van der Waals surface area contributed by atoms with Gasteiger partial charge < -0.3 is 10.6 Å². The smallest absolute Gasteiger partial charge is 0.319 e. The molecule has 0 aliphatic carbocycles. The van der Waals surface area contributed by atoms with Crippen molar-refractivity contribution < 1.29 is 4.79 Å². The number of amides is 2. The van der Waals surface area contributed by atoms with Crippen molar-refractivity contribution in [3.63, 3.8) is 0 Å². The Morgan fingerprint density at radius 3 is 2.43 bits per heavy atom.